The highest BCUT2D eigenvalue weighted by Crippen LogP contribution is 2.26. The van der Waals surface area contributed by atoms with Crippen molar-refractivity contribution in [3.05, 3.63) is 119 Å². The van der Waals surface area contributed by atoms with Crippen LogP contribution in [0.4, 0.5) is 11.4 Å². The third kappa shape index (κ3) is 12.1. The lowest BCUT2D eigenvalue weighted by Gasteiger charge is -2.02. The van der Waals surface area contributed by atoms with Gasteiger partial charge in [-0.05, 0) is 85.7 Å². The van der Waals surface area contributed by atoms with E-state index in [1.54, 1.807) is 12.1 Å². The molecule has 1 amide bonds. The number of hydrogen-bond acceptors (Lipinski definition) is 7. The summed E-state index contributed by atoms with van der Waals surface area (Å²) in [6, 6.07) is 23.7. The molecule has 41 heavy (non-hydrogen) atoms. The largest absolute Gasteiger partial charge is 0.504 e. The second-order valence-corrected chi connectivity index (χ2v) is 8.77. The highest BCUT2D eigenvalue weighted by molar-refractivity contribution is 6.01. The molecule has 4 aromatic rings. The van der Waals surface area contributed by atoms with Gasteiger partial charge in [0.2, 0.25) is 5.91 Å². The molecule has 0 radical (unpaired) electrons. The van der Waals surface area contributed by atoms with Crippen molar-refractivity contribution in [3.63, 3.8) is 0 Å². The Kier molecular flexibility index (Phi) is 12.0. The highest BCUT2D eigenvalue weighted by Gasteiger charge is 2.01. The van der Waals surface area contributed by atoms with Crippen LogP contribution in [-0.4, -0.2) is 37.4 Å². The predicted molar refractivity (Wildman–Crippen MR) is 161 cm³/mol. The quantitative estimate of drug-likeness (QED) is 0.0913. The van der Waals surface area contributed by atoms with Crippen molar-refractivity contribution in [2.75, 3.05) is 11.1 Å². The molecule has 0 spiro atoms. The van der Waals surface area contributed by atoms with Gasteiger partial charge in [0, 0.05) is 23.5 Å². The Morgan fingerprint density at radius 2 is 1.07 bits per heavy atom. The fourth-order valence-electron chi connectivity index (χ4n) is 3.01. The first kappa shape index (κ1) is 31.5. The number of nitrogens with one attached hydrogen (secondary N) is 1. The molecular formula is C32H32N2O7. The maximum absolute atomic E-state index is 11.7. The maximum atomic E-state index is 11.7. The lowest BCUT2D eigenvalue weighted by molar-refractivity contribution is -0.131. The number of hydrogen-bond donors (Lipinski definition) is 7. The fraction of sp³-hybridized carbons (Fsp3) is 0.0625. The number of carbonyl (C=O) groups excluding carboxylic acids is 1. The molecule has 0 aliphatic heterocycles. The summed E-state index contributed by atoms with van der Waals surface area (Å²) >= 11 is 0. The van der Waals surface area contributed by atoms with E-state index in [4.69, 9.17) is 21.1 Å². The van der Waals surface area contributed by atoms with Crippen LogP contribution in [0.5, 0.6) is 23.0 Å². The number of anilines is 2. The summed E-state index contributed by atoms with van der Waals surface area (Å²) in [4.78, 5) is 21.8. The molecule has 0 saturated heterocycles. The van der Waals surface area contributed by atoms with Gasteiger partial charge >= 0.3 is 5.97 Å². The first-order chi connectivity index (χ1) is 19.4. The zero-order chi connectivity index (χ0) is 30.4. The number of aryl methyl sites for hydroxylation is 2. The average molecular weight is 557 g/mol. The van der Waals surface area contributed by atoms with E-state index >= 15 is 0 Å². The van der Waals surface area contributed by atoms with Crippen LogP contribution in [0.15, 0.2) is 97.1 Å². The Balaban J connectivity index is 0.000000239. The van der Waals surface area contributed by atoms with E-state index in [1.807, 2.05) is 62.4 Å². The van der Waals surface area contributed by atoms with E-state index in [9.17, 15) is 19.8 Å². The monoisotopic (exact) mass is 556 g/mol. The van der Waals surface area contributed by atoms with Gasteiger partial charge in [0.25, 0.3) is 0 Å². The van der Waals surface area contributed by atoms with Gasteiger partial charge in [-0.25, -0.2) is 4.79 Å². The molecule has 0 heterocycles. The van der Waals surface area contributed by atoms with E-state index in [1.165, 1.54) is 48.0 Å². The number of nitrogen functional groups attached to an aromatic ring is 1. The standard InChI is InChI=1S/C16H15NO3.C9H8O4.C7H9N/c1-11-2-6-13(7-3-11)17-16(20)9-5-12-4-8-14(18)15(19)10-12;10-7-3-1-6(5-8(7)11)2-4-9(12)13;1-6-2-4-7(8)5-3-6/h2-10,18-19H,1H3,(H,17,20);1-5,10-11H,(H,12,13);2-5H,8H2,1H3/b9-5+;4-2+;. The van der Waals surface area contributed by atoms with Crippen molar-refractivity contribution < 1.29 is 35.1 Å². The minimum atomic E-state index is -1.06. The van der Waals surface area contributed by atoms with Crippen molar-refractivity contribution >= 4 is 35.4 Å². The third-order valence-corrected chi connectivity index (χ3v) is 5.24. The highest BCUT2D eigenvalue weighted by atomic mass is 16.4. The third-order valence-electron chi connectivity index (χ3n) is 5.24. The lowest BCUT2D eigenvalue weighted by Crippen LogP contribution is -2.07. The topological polar surface area (TPSA) is 173 Å². The molecule has 4 aromatic carbocycles. The van der Waals surface area contributed by atoms with Crippen LogP contribution in [0.3, 0.4) is 0 Å². The first-order valence-corrected chi connectivity index (χ1v) is 12.3. The van der Waals surface area contributed by atoms with E-state index in [-0.39, 0.29) is 28.9 Å². The number of amides is 1. The average Bonchev–Trinajstić information content (AvgIpc) is 2.93. The fourth-order valence-corrected chi connectivity index (χ4v) is 3.01. The number of phenolic OH excluding ortho intramolecular Hbond substituents is 4. The number of nitrogens with two attached hydrogens (primary N) is 1. The van der Waals surface area contributed by atoms with Gasteiger partial charge in [-0.2, -0.15) is 0 Å². The first-order valence-electron chi connectivity index (χ1n) is 12.3. The predicted octanol–water partition coefficient (Wildman–Crippen LogP) is 5.83. The molecule has 0 saturated carbocycles. The van der Waals surface area contributed by atoms with Gasteiger partial charge in [0.15, 0.2) is 23.0 Å². The molecule has 212 valence electrons. The molecule has 4 rings (SSSR count). The summed E-state index contributed by atoms with van der Waals surface area (Å²) in [5, 5.41) is 47.5. The zero-order valence-electron chi connectivity index (χ0n) is 22.5. The summed E-state index contributed by atoms with van der Waals surface area (Å²) in [6.07, 6.45) is 5.20. The molecule has 0 bridgehead atoms. The van der Waals surface area contributed by atoms with Gasteiger partial charge in [0.1, 0.15) is 0 Å². The summed E-state index contributed by atoms with van der Waals surface area (Å²) in [7, 11) is 0. The molecule has 9 nitrogen and oxygen atoms in total. The molecule has 0 atom stereocenters. The summed E-state index contributed by atoms with van der Waals surface area (Å²) in [6.45, 7) is 4.02. The van der Waals surface area contributed by atoms with Crippen molar-refractivity contribution in [3.8, 4) is 23.0 Å². The number of rotatable bonds is 5. The van der Waals surface area contributed by atoms with E-state index in [2.05, 4.69) is 5.32 Å². The second-order valence-electron chi connectivity index (χ2n) is 8.77. The summed E-state index contributed by atoms with van der Waals surface area (Å²) in [5.41, 5.74) is 10.5. The molecular weight excluding hydrogens is 524 g/mol. The van der Waals surface area contributed by atoms with E-state index < -0.39 is 5.97 Å². The van der Waals surface area contributed by atoms with Crippen LogP contribution in [0, 0.1) is 13.8 Å². The van der Waals surface area contributed by atoms with Gasteiger partial charge in [-0.1, -0.05) is 47.5 Å². The van der Waals surface area contributed by atoms with Crippen LogP contribution in [0.25, 0.3) is 12.2 Å². The van der Waals surface area contributed by atoms with Crippen molar-refractivity contribution in [2.24, 2.45) is 0 Å². The number of aromatic hydroxyl groups is 4. The minimum absolute atomic E-state index is 0.189. The Hall–Kier alpha value is -5.70. The second kappa shape index (κ2) is 15.6. The van der Waals surface area contributed by atoms with Crippen molar-refractivity contribution in [1.29, 1.82) is 0 Å². The van der Waals surface area contributed by atoms with E-state index in [0.29, 0.717) is 11.1 Å². The molecule has 0 aliphatic rings. The minimum Gasteiger partial charge on any atom is -0.504 e. The number of carbonyl (C=O) groups is 2. The van der Waals surface area contributed by atoms with Crippen LogP contribution in [0.2, 0.25) is 0 Å². The molecule has 9 heteroatoms. The van der Waals surface area contributed by atoms with E-state index in [0.717, 1.165) is 23.0 Å². The summed E-state index contributed by atoms with van der Waals surface area (Å²) < 4.78 is 0. The van der Waals surface area contributed by atoms with Gasteiger partial charge in [-0.3, -0.25) is 4.79 Å². The molecule has 8 N–H and O–H groups in total. The molecule has 0 fully saturated rings. The van der Waals surface area contributed by atoms with Gasteiger partial charge < -0.3 is 36.6 Å². The smallest absolute Gasteiger partial charge is 0.328 e. The maximum Gasteiger partial charge on any atom is 0.328 e. The zero-order valence-corrected chi connectivity index (χ0v) is 22.5. The normalized spacial score (nSPS) is 10.3. The van der Waals surface area contributed by atoms with Crippen molar-refractivity contribution in [1.82, 2.24) is 0 Å². The number of phenols is 4. The van der Waals surface area contributed by atoms with Crippen LogP contribution in [-0.2, 0) is 9.59 Å². The van der Waals surface area contributed by atoms with Crippen LogP contribution < -0.4 is 11.1 Å². The molecule has 0 aliphatic carbocycles. The van der Waals surface area contributed by atoms with Crippen LogP contribution in [0.1, 0.15) is 22.3 Å². The molecule has 0 unspecified atom stereocenters. The Bertz CT molecular complexity index is 1490. The Morgan fingerprint density at radius 3 is 1.49 bits per heavy atom. The van der Waals surface area contributed by atoms with Gasteiger partial charge in [-0.15, -0.1) is 0 Å². The number of aliphatic carboxylic acids is 1. The number of benzene rings is 4. The number of carboxylic acids is 1. The Labute approximate surface area is 237 Å². The SMILES string of the molecule is Cc1ccc(N)cc1.Cc1ccc(NC(=O)/C=C/c2ccc(O)c(O)c2)cc1.O=C(O)/C=C/c1ccc(O)c(O)c1. The Morgan fingerprint density at radius 1 is 0.634 bits per heavy atom. The summed E-state index contributed by atoms with van der Waals surface area (Å²) in [5.74, 6) is -2.23. The van der Waals surface area contributed by atoms with Crippen molar-refractivity contribution in [2.45, 2.75) is 13.8 Å². The lowest BCUT2D eigenvalue weighted by atomic mass is 10.2. The molecule has 0 aromatic heterocycles. The van der Waals surface area contributed by atoms with Gasteiger partial charge in [0.05, 0.1) is 0 Å². The van der Waals surface area contributed by atoms with Crippen LogP contribution >= 0.6 is 0 Å². The number of carboxylic acid groups (broad SMARTS) is 1.